The highest BCUT2D eigenvalue weighted by Crippen LogP contribution is 2.28. The summed E-state index contributed by atoms with van der Waals surface area (Å²) in [6, 6.07) is 28.5. The van der Waals surface area contributed by atoms with Gasteiger partial charge in [0.05, 0.1) is 17.6 Å². The van der Waals surface area contributed by atoms with Crippen LogP contribution in [0.2, 0.25) is 0 Å². The maximum Gasteiger partial charge on any atom is 0.294 e. The van der Waals surface area contributed by atoms with Gasteiger partial charge >= 0.3 is 0 Å². The molecule has 0 saturated carbocycles. The summed E-state index contributed by atoms with van der Waals surface area (Å²) >= 11 is 0. The first-order valence-corrected chi connectivity index (χ1v) is 31.9. The van der Waals surface area contributed by atoms with Crippen molar-refractivity contribution in [3.8, 4) is 33.8 Å². The zero-order valence-electron chi connectivity index (χ0n) is 50.3. The lowest BCUT2D eigenvalue weighted by Crippen LogP contribution is -2.61. The quantitative estimate of drug-likeness (QED) is 0.0353. The van der Waals surface area contributed by atoms with Crippen molar-refractivity contribution in [1.29, 1.82) is 0 Å². The van der Waals surface area contributed by atoms with Crippen molar-refractivity contribution in [2.45, 2.75) is 158 Å². The Kier molecular flexibility index (Phi) is 25.0. The van der Waals surface area contributed by atoms with Gasteiger partial charge in [-0.05, 0) is 167 Å². The molecule has 0 unspecified atom stereocenters. The van der Waals surface area contributed by atoms with Gasteiger partial charge in [0.2, 0.25) is 35.4 Å². The largest absolute Gasteiger partial charge is 0.508 e. The molecule has 21 nitrogen and oxygen atoms in total. The average molecular weight is 1230 g/mol. The van der Waals surface area contributed by atoms with Crippen LogP contribution in [0.5, 0.6) is 11.5 Å². The fourth-order valence-electron chi connectivity index (χ4n) is 11.0. The van der Waals surface area contributed by atoms with E-state index < -0.39 is 93.8 Å². The number of aliphatic hydroxyl groups excluding tert-OH is 1. The number of rotatable bonds is 18. The van der Waals surface area contributed by atoms with Crippen molar-refractivity contribution in [2.24, 2.45) is 5.73 Å². The van der Waals surface area contributed by atoms with E-state index in [1.54, 1.807) is 36.4 Å². The average Bonchev–Trinajstić information content (AvgIpc) is 3.41. The number of aromatic hydroxyl groups is 1. The number of aryl methyl sites for hydroxylation is 2. The number of carbonyl (C=O) groups excluding carboxylic acids is 7. The Hall–Kier alpha value is -8.18. The predicted molar refractivity (Wildman–Crippen MR) is 333 cm³/mol. The molecule has 0 aromatic heterocycles. The molecular weight excluding hydrogens is 1140 g/mol. The Bertz CT molecular complexity index is 3260. The van der Waals surface area contributed by atoms with Gasteiger partial charge in [0, 0.05) is 25.2 Å². The summed E-state index contributed by atoms with van der Waals surface area (Å²) in [4.78, 5) is 102. The van der Waals surface area contributed by atoms with Crippen LogP contribution in [0.15, 0.2) is 126 Å². The maximum atomic E-state index is 14.4. The number of unbranched alkanes of at least 4 members (excludes halogenated alkanes) is 3. The number of phenols is 1. The summed E-state index contributed by atoms with van der Waals surface area (Å²) in [7, 11) is -4.02. The Morgan fingerprint density at radius 1 is 0.659 bits per heavy atom. The molecule has 7 amide bonds. The van der Waals surface area contributed by atoms with Crippen molar-refractivity contribution in [1.82, 2.24) is 36.4 Å². The second-order valence-corrected chi connectivity index (χ2v) is 24.1. The molecule has 3 fully saturated rings. The summed E-state index contributed by atoms with van der Waals surface area (Å²) in [5, 5.41) is 35.0. The van der Waals surface area contributed by atoms with Gasteiger partial charge in [0.1, 0.15) is 47.8 Å². The van der Waals surface area contributed by atoms with Crippen LogP contribution in [0.25, 0.3) is 22.3 Å². The number of hydrogen-bond acceptors (Lipinski definition) is 13. The second kappa shape index (κ2) is 32.7. The number of amides is 7. The molecule has 3 heterocycles. The Morgan fingerprint density at radius 2 is 1.23 bits per heavy atom. The Balaban J connectivity index is 0.000000903. The first-order valence-electron chi connectivity index (χ1n) is 30.5. The van der Waals surface area contributed by atoms with E-state index in [0.29, 0.717) is 38.7 Å². The molecular formula is C66H84N8O13S. The lowest BCUT2D eigenvalue weighted by atomic mass is 9.99. The fourth-order valence-corrected chi connectivity index (χ4v) is 11.5. The third kappa shape index (κ3) is 19.2. The molecule has 10 N–H and O–H groups in total. The van der Waals surface area contributed by atoms with Crippen LogP contribution in [0.1, 0.15) is 119 Å². The Labute approximate surface area is 515 Å². The van der Waals surface area contributed by atoms with Gasteiger partial charge in [-0.25, -0.2) is 0 Å². The topological polar surface area (TPSA) is 316 Å². The van der Waals surface area contributed by atoms with Gasteiger partial charge in [0.25, 0.3) is 16.0 Å². The highest BCUT2D eigenvalue weighted by Gasteiger charge is 2.42. The number of benzene rings is 5. The van der Waals surface area contributed by atoms with E-state index in [1.807, 2.05) is 67.6 Å². The molecule has 0 radical (unpaired) electrons. The third-order valence-electron chi connectivity index (χ3n) is 16.1. The number of nitrogens with two attached hydrogens (primary N) is 1. The molecule has 3 aliphatic heterocycles. The maximum absolute atomic E-state index is 14.4. The van der Waals surface area contributed by atoms with Crippen LogP contribution in [-0.2, 0) is 45.3 Å². The second-order valence-electron chi connectivity index (χ2n) is 22.7. The van der Waals surface area contributed by atoms with Crippen LogP contribution in [0.4, 0.5) is 0 Å². The van der Waals surface area contributed by atoms with Gasteiger partial charge in [-0.15, -0.1) is 0 Å². The number of fused-ring (bicyclic) bond motifs is 2. The van der Waals surface area contributed by atoms with E-state index in [2.05, 4.69) is 33.5 Å². The SMILES string of the molecule is CCCCCCOc1ccc(-c2ccc(-c3ccc(C(=O)N[C@H]4CCCNC(=O)[C@@H]5CCCN5C(=O)[C@H](CCCN)NC(=O)[C@H](CCc5ccc(O)cc5)NC(=O)[C@@H]5CCCN5C(=O)[C@H]([C@@H](C)O)NC4=O)cc3)cc2)cc1.Cc1ccc(S(=O)(=O)O)cc1. The van der Waals surface area contributed by atoms with E-state index in [1.165, 1.54) is 53.8 Å². The molecule has 22 heteroatoms. The lowest BCUT2D eigenvalue weighted by Gasteiger charge is -2.32. The van der Waals surface area contributed by atoms with Gasteiger partial charge in [-0.2, -0.15) is 8.42 Å². The van der Waals surface area contributed by atoms with Gasteiger partial charge in [0.15, 0.2) is 0 Å². The minimum atomic E-state index is -4.02. The van der Waals surface area contributed by atoms with Crippen LogP contribution >= 0.6 is 0 Å². The number of nitrogens with zero attached hydrogens (tertiary/aromatic N) is 2. The summed E-state index contributed by atoms with van der Waals surface area (Å²) in [6.45, 7) is 6.76. The molecule has 0 spiro atoms. The zero-order chi connectivity index (χ0) is 63.3. The van der Waals surface area contributed by atoms with E-state index in [0.717, 1.165) is 52.0 Å². The monoisotopic (exact) mass is 1230 g/mol. The first-order chi connectivity index (χ1) is 42.2. The van der Waals surface area contributed by atoms with Crippen LogP contribution in [0.3, 0.4) is 0 Å². The molecule has 0 bridgehead atoms. The zero-order valence-corrected chi connectivity index (χ0v) is 51.1. The fraction of sp³-hybridized carbons (Fsp3) is 0.439. The highest BCUT2D eigenvalue weighted by molar-refractivity contribution is 7.85. The number of hydrogen-bond donors (Lipinski definition) is 9. The van der Waals surface area contributed by atoms with Crippen molar-refractivity contribution in [3.63, 3.8) is 0 Å². The minimum absolute atomic E-state index is 0.0125. The molecule has 8 rings (SSSR count). The Morgan fingerprint density at radius 3 is 1.81 bits per heavy atom. The molecule has 472 valence electrons. The van der Waals surface area contributed by atoms with Crippen molar-refractivity contribution < 1.29 is 61.5 Å². The molecule has 7 atom stereocenters. The van der Waals surface area contributed by atoms with Crippen LogP contribution in [0, 0.1) is 6.92 Å². The van der Waals surface area contributed by atoms with Gasteiger partial charge in [-0.3, -0.25) is 38.1 Å². The first kappa shape index (κ1) is 67.3. The summed E-state index contributed by atoms with van der Waals surface area (Å²) < 4.78 is 35.5. The number of aliphatic hydroxyl groups is 1. The van der Waals surface area contributed by atoms with E-state index in [4.69, 9.17) is 15.0 Å². The molecule has 5 aromatic rings. The smallest absolute Gasteiger partial charge is 0.294 e. The predicted octanol–water partition coefficient (Wildman–Crippen LogP) is 6.12. The normalized spacial score (nSPS) is 21.0. The van der Waals surface area contributed by atoms with Crippen LogP contribution in [-0.4, -0.2) is 149 Å². The molecule has 3 saturated heterocycles. The van der Waals surface area contributed by atoms with Crippen molar-refractivity contribution in [3.05, 3.63) is 138 Å². The molecule has 5 aromatic carbocycles. The van der Waals surface area contributed by atoms with Gasteiger partial charge in [-0.1, -0.05) is 105 Å². The summed E-state index contributed by atoms with van der Waals surface area (Å²) in [5.41, 5.74) is 11.7. The minimum Gasteiger partial charge on any atom is -0.508 e. The number of ether oxygens (including phenoxy) is 1. The summed E-state index contributed by atoms with van der Waals surface area (Å²) in [5.74, 6) is -3.33. The molecule has 3 aliphatic rings. The third-order valence-corrected chi connectivity index (χ3v) is 16.9. The number of carbonyl (C=O) groups is 7. The van der Waals surface area contributed by atoms with Gasteiger partial charge < -0.3 is 57.1 Å². The standard InChI is InChI=1S/C59H76N8O10.C7H8O3S/c1-3-4-5-6-37-77-46-30-26-43(27-31-46)41-20-18-40(19-21-41)42-22-24-44(25-23-42)53(70)62-47-12-8-34-61-56(73)50-13-9-35-66(50)58(75)49(11-7-33-60)64-54(71)48(32-17-39-15-28-45(69)29-16-39)63-57(74)51-14-10-36-67(51)59(76)52(38(2)68)65-55(47)72;1-6-2-4-7(5-3-6)11(8,9)10/h15-16,18-31,38,47-52,68-69H,3-14,17,32-37,60H2,1-2H3,(H,61,73)(H,62,70)(H,63,74)(H,64,71)(H,65,72);2-5H,1H3,(H,8,9,10)/t38-,47+,48+,49+,50+,51+,52+;/m1./s1. The summed E-state index contributed by atoms with van der Waals surface area (Å²) in [6.07, 6.45) is 5.85. The van der Waals surface area contributed by atoms with Crippen molar-refractivity contribution >= 4 is 51.5 Å². The van der Waals surface area contributed by atoms with E-state index in [9.17, 15) is 52.2 Å². The van der Waals surface area contributed by atoms with Crippen LogP contribution < -0.4 is 37.1 Å². The molecule has 88 heavy (non-hydrogen) atoms. The van der Waals surface area contributed by atoms with Crippen molar-refractivity contribution in [2.75, 3.05) is 32.8 Å². The van der Waals surface area contributed by atoms with E-state index in [-0.39, 0.29) is 74.5 Å². The molecule has 0 aliphatic carbocycles. The number of nitrogens with one attached hydrogen (secondary N) is 5. The highest BCUT2D eigenvalue weighted by atomic mass is 32.2. The van der Waals surface area contributed by atoms with E-state index >= 15 is 0 Å². The number of phenolic OH excluding ortho intramolecular Hbond substituents is 1. The lowest BCUT2D eigenvalue weighted by molar-refractivity contribution is -0.144.